The minimum Gasteiger partial charge on any atom is -0.462 e. The van der Waals surface area contributed by atoms with Crippen LogP contribution in [0.1, 0.15) is 349 Å². The Balaban J connectivity index is 5.29. The van der Waals surface area contributed by atoms with Gasteiger partial charge in [0.1, 0.15) is 19.3 Å². The number of hydrogen-bond acceptors (Lipinski definition) is 15. The average molecular weight is 1340 g/mol. The van der Waals surface area contributed by atoms with E-state index in [0.717, 1.165) is 109 Å². The van der Waals surface area contributed by atoms with E-state index in [2.05, 4.69) is 58.9 Å². The molecule has 0 aromatic carbocycles. The van der Waals surface area contributed by atoms with Crippen LogP contribution in [-0.4, -0.2) is 96.7 Å². The van der Waals surface area contributed by atoms with Gasteiger partial charge in [-0.2, -0.15) is 0 Å². The highest BCUT2D eigenvalue weighted by molar-refractivity contribution is 7.47. The van der Waals surface area contributed by atoms with Gasteiger partial charge in [-0.25, -0.2) is 9.13 Å². The van der Waals surface area contributed by atoms with E-state index in [1.54, 1.807) is 0 Å². The van der Waals surface area contributed by atoms with Gasteiger partial charge in [0.05, 0.1) is 26.4 Å². The Bertz CT molecular complexity index is 1850. The normalized spacial score (nSPS) is 14.2. The zero-order valence-corrected chi connectivity index (χ0v) is 60.3. The Morgan fingerprint density at radius 2 is 0.593 bits per heavy atom. The summed E-state index contributed by atoms with van der Waals surface area (Å²) in [6.07, 6.45) is 54.7. The van der Waals surface area contributed by atoms with Crippen molar-refractivity contribution < 1.29 is 80.2 Å². The van der Waals surface area contributed by atoms with E-state index in [9.17, 15) is 43.2 Å². The summed E-state index contributed by atoms with van der Waals surface area (Å²) in [5, 5.41) is 10.6. The van der Waals surface area contributed by atoms with Gasteiger partial charge in [-0.1, -0.05) is 296 Å². The van der Waals surface area contributed by atoms with Crippen molar-refractivity contribution in [2.45, 2.75) is 368 Å². The molecule has 2 unspecified atom stereocenters. The van der Waals surface area contributed by atoms with Crippen molar-refractivity contribution in [3.05, 3.63) is 24.3 Å². The maximum atomic E-state index is 13.0. The monoisotopic (exact) mass is 1330 g/mol. The van der Waals surface area contributed by atoms with Crippen molar-refractivity contribution in [2.24, 2.45) is 5.92 Å². The number of aliphatic hydroxyl groups excluding tert-OH is 1. The molecule has 0 spiro atoms. The van der Waals surface area contributed by atoms with Crippen LogP contribution >= 0.6 is 15.6 Å². The van der Waals surface area contributed by atoms with Gasteiger partial charge in [0.15, 0.2) is 12.2 Å². The quantitative estimate of drug-likeness (QED) is 0.0169. The molecule has 536 valence electrons. The zero-order chi connectivity index (χ0) is 67.0. The molecule has 0 saturated heterocycles. The van der Waals surface area contributed by atoms with Crippen LogP contribution in [0.3, 0.4) is 0 Å². The molecule has 0 radical (unpaired) electrons. The summed E-state index contributed by atoms with van der Waals surface area (Å²) >= 11 is 0. The minimum atomic E-state index is -4.96. The number of phosphoric ester groups is 2. The molecule has 3 N–H and O–H groups in total. The summed E-state index contributed by atoms with van der Waals surface area (Å²) in [5.41, 5.74) is 0. The third-order valence-corrected chi connectivity index (χ3v) is 18.1. The van der Waals surface area contributed by atoms with Crippen LogP contribution in [0.4, 0.5) is 0 Å². The second-order valence-electron chi connectivity index (χ2n) is 25.8. The number of ether oxygens (including phenoxy) is 4. The molecule has 0 fully saturated rings. The van der Waals surface area contributed by atoms with Crippen molar-refractivity contribution in [1.82, 2.24) is 0 Å². The molecule has 91 heavy (non-hydrogen) atoms. The Morgan fingerprint density at radius 3 is 0.901 bits per heavy atom. The van der Waals surface area contributed by atoms with Gasteiger partial charge in [0.25, 0.3) is 0 Å². The van der Waals surface area contributed by atoms with Crippen molar-refractivity contribution >= 4 is 39.5 Å². The maximum Gasteiger partial charge on any atom is 0.472 e. The first-order chi connectivity index (χ1) is 44.0. The first-order valence-corrected chi connectivity index (χ1v) is 39.9. The number of rotatable bonds is 70. The van der Waals surface area contributed by atoms with E-state index in [1.807, 2.05) is 0 Å². The summed E-state index contributed by atoms with van der Waals surface area (Å²) in [7, 11) is -9.91. The standard InChI is InChI=1S/C72H136O17P2/c1-6-9-12-15-18-21-24-26-27-28-31-38-43-48-53-58-72(77)89-68(62-83-70(75)56-51-46-41-36-33-32-34-39-44-49-54-65(4)5)64-87-91(80,81)85-60-66(73)59-84-90(78,79)86-63-67(61-82-69(74)55-50-45-40-35-29-23-20-17-14-11-8-3)88-71(76)57-52-47-42-37-30-25-22-19-16-13-10-7-2/h21,24,26-27,65-68,73H,6-20,22-23,25,28-64H2,1-5H3,(H,78,79)(H,80,81)/b24-21-,27-26-/t66-,67+,68+/m0/s1. The van der Waals surface area contributed by atoms with Crippen LogP contribution in [-0.2, 0) is 65.4 Å². The van der Waals surface area contributed by atoms with Gasteiger partial charge in [-0.15, -0.1) is 0 Å². The highest BCUT2D eigenvalue weighted by Gasteiger charge is 2.30. The summed E-state index contributed by atoms with van der Waals surface area (Å²) in [6, 6.07) is 0. The predicted molar refractivity (Wildman–Crippen MR) is 368 cm³/mol. The average Bonchev–Trinajstić information content (AvgIpc) is 3.66. The number of carbonyl (C=O) groups is 4. The van der Waals surface area contributed by atoms with Crippen LogP contribution in [0, 0.1) is 5.92 Å². The lowest BCUT2D eigenvalue weighted by Gasteiger charge is -2.21. The Hall–Kier alpha value is -2.46. The second-order valence-corrected chi connectivity index (χ2v) is 28.7. The topological polar surface area (TPSA) is 237 Å². The van der Waals surface area contributed by atoms with E-state index in [0.29, 0.717) is 25.7 Å². The van der Waals surface area contributed by atoms with Crippen molar-refractivity contribution in [3.63, 3.8) is 0 Å². The lowest BCUT2D eigenvalue weighted by molar-refractivity contribution is -0.161. The molecular formula is C72H136O17P2. The Morgan fingerprint density at radius 1 is 0.341 bits per heavy atom. The highest BCUT2D eigenvalue weighted by atomic mass is 31.2. The molecule has 0 aliphatic heterocycles. The fraction of sp³-hybridized carbons (Fsp3) is 0.889. The van der Waals surface area contributed by atoms with E-state index in [-0.39, 0.29) is 25.7 Å². The number of hydrogen-bond donors (Lipinski definition) is 3. The molecule has 0 bridgehead atoms. The lowest BCUT2D eigenvalue weighted by Crippen LogP contribution is -2.30. The fourth-order valence-corrected chi connectivity index (χ4v) is 12.0. The summed E-state index contributed by atoms with van der Waals surface area (Å²) in [5.74, 6) is -1.39. The second kappa shape index (κ2) is 64.9. The van der Waals surface area contributed by atoms with Gasteiger partial charge < -0.3 is 33.8 Å². The van der Waals surface area contributed by atoms with E-state index in [4.69, 9.17) is 37.0 Å². The first kappa shape index (κ1) is 88.5. The predicted octanol–water partition coefficient (Wildman–Crippen LogP) is 20.5. The van der Waals surface area contributed by atoms with Crippen molar-refractivity contribution in [3.8, 4) is 0 Å². The molecule has 0 aromatic heterocycles. The Labute approximate surface area is 554 Å². The molecule has 17 nitrogen and oxygen atoms in total. The van der Waals surface area contributed by atoms with Gasteiger partial charge >= 0.3 is 39.5 Å². The van der Waals surface area contributed by atoms with E-state index < -0.39 is 97.5 Å². The van der Waals surface area contributed by atoms with Crippen LogP contribution in [0.2, 0.25) is 0 Å². The highest BCUT2D eigenvalue weighted by Crippen LogP contribution is 2.45. The number of unbranched alkanes of at least 4 members (excludes halogenated alkanes) is 39. The van der Waals surface area contributed by atoms with Crippen LogP contribution < -0.4 is 0 Å². The number of allylic oxidation sites excluding steroid dienone is 4. The molecule has 0 aromatic rings. The molecule has 0 rings (SSSR count). The lowest BCUT2D eigenvalue weighted by atomic mass is 10.0. The molecule has 0 heterocycles. The largest absolute Gasteiger partial charge is 0.472 e. The number of carbonyl (C=O) groups excluding carboxylic acids is 4. The van der Waals surface area contributed by atoms with Gasteiger partial charge in [0, 0.05) is 25.7 Å². The summed E-state index contributed by atoms with van der Waals surface area (Å²) < 4.78 is 68.3. The molecule has 19 heteroatoms. The minimum absolute atomic E-state index is 0.0850. The fourth-order valence-electron chi connectivity index (χ4n) is 10.5. The third kappa shape index (κ3) is 66.0. The molecule has 0 amide bonds. The van der Waals surface area contributed by atoms with Crippen molar-refractivity contribution in [2.75, 3.05) is 39.6 Å². The summed E-state index contributed by atoms with van der Waals surface area (Å²) in [6.45, 7) is 7.18. The van der Waals surface area contributed by atoms with Crippen LogP contribution in [0.15, 0.2) is 24.3 Å². The third-order valence-electron chi connectivity index (χ3n) is 16.2. The number of aliphatic hydroxyl groups is 1. The van der Waals surface area contributed by atoms with Gasteiger partial charge in [-0.3, -0.25) is 37.3 Å². The maximum absolute atomic E-state index is 13.0. The van der Waals surface area contributed by atoms with Gasteiger partial charge in [-0.05, 0) is 57.3 Å². The Kier molecular flexibility index (Phi) is 63.1. The first-order valence-electron chi connectivity index (χ1n) is 37.0. The molecule has 0 saturated carbocycles. The number of phosphoric acid groups is 2. The van der Waals surface area contributed by atoms with Gasteiger partial charge in [0.2, 0.25) is 0 Å². The van der Waals surface area contributed by atoms with E-state index in [1.165, 1.54) is 161 Å². The molecule has 5 atom stereocenters. The van der Waals surface area contributed by atoms with Crippen molar-refractivity contribution in [1.29, 1.82) is 0 Å². The van der Waals surface area contributed by atoms with Crippen LogP contribution in [0.5, 0.6) is 0 Å². The summed E-state index contributed by atoms with van der Waals surface area (Å²) in [4.78, 5) is 72.6. The SMILES string of the molecule is CCCCCC/C=C\C=C/CCCCCCCC(=O)O[C@H](COC(=O)CCCCCCCCCCCCC(C)C)COP(=O)(O)OC[C@@H](O)COP(=O)(O)OC[C@@H](COC(=O)CCCCCCCCCCCCC)OC(=O)CCCCCCCCCCCCCC. The smallest absolute Gasteiger partial charge is 0.462 e. The molecule has 0 aliphatic rings. The molecule has 0 aliphatic carbocycles. The van der Waals surface area contributed by atoms with Crippen LogP contribution in [0.25, 0.3) is 0 Å². The molecular weight excluding hydrogens is 1200 g/mol. The number of esters is 4. The zero-order valence-electron chi connectivity index (χ0n) is 58.5. The van der Waals surface area contributed by atoms with E-state index >= 15 is 0 Å².